The fourth-order valence-electron chi connectivity index (χ4n) is 2.93. The lowest BCUT2D eigenvalue weighted by Gasteiger charge is -2.31. The van der Waals surface area contributed by atoms with Crippen molar-refractivity contribution in [2.45, 2.75) is 38.1 Å². The molecule has 106 valence electrons. The van der Waals surface area contributed by atoms with Gasteiger partial charge in [0, 0.05) is 45.2 Å². The first-order valence-electron chi connectivity index (χ1n) is 7.46. The summed E-state index contributed by atoms with van der Waals surface area (Å²) in [5.74, 6) is 3.01. The van der Waals surface area contributed by atoms with Crippen LogP contribution < -0.4 is 5.32 Å². The summed E-state index contributed by atoms with van der Waals surface area (Å²) in [6.07, 6.45) is 10.6. The van der Waals surface area contributed by atoms with Gasteiger partial charge in [-0.25, -0.2) is 0 Å². The SMILES string of the molecule is C#CCN1CCC(NCCC(=O)N2CCCC2)CC1. The molecule has 0 atom stereocenters. The van der Waals surface area contributed by atoms with Gasteiger partial charge in [0.2, 0.25) is 5.91 Å². The lowest BCUT2D eigenvalue weighted by atomic mass is 10.1. The lowest BCUT2D eigenvalue weighted by molar-refractivity contribution is -0.130. The molecule has 0 saturated carbocycles. The lowest BCUT2D eigenvalue weighted by Crippen LogP contribution is -2.43. The fraction of sp³-hybridized carbons (Fsp3) is 0.800. The van der Waals surface area contributed by atoms with Crippen LogP contribution in [-0.2, 0) is 4.79 Å². The second-order valence-electron chi connectivity index (χ2n) is 5.55. The Morgan fingerprint density at radius 3 is 2.53 bits per heavy atom. The van der Waals surface area contributed by atoms with E-state index in [0.717, 1.165) is 52.1 Å². The van der Waals surface area contributed by atoms with Gasteiger partial charge in [0.25, 0.3) is 0 Å². The van der Waals surface area contributed by atoms with Crippen molar-refractivity contribution in [2.75, 3.05) is 39.3 Å². The molecule has 0 aromatic heterocycles. The topological polar surface area (TPSA) is 35.6 Å². The standard InChI is InChI=1S/C15H25N3O/c1-2-9-17-12-6-14(7-13-17)16-8-5-15(19)18-10-3-4-11-18/h1,14,16H,3-13H2. The van der Waals surface area contributed by atoms with Crippen LogP contribution in [0, 0.1) is 12.3 Å². The van der Waals surface area contributed by atoms with Crippen LogP contribution in [0.1, 0.15) is 32.1 Å². The molecule has 0 aromatic carbocycles. The predicted octanol–water partition coefficient (Wildman–Crippen LogP) is 0.686. The van der Waals surface area contributed by atoms with Crippen molar-refractivity contribution in [3.05, 3.63) is 0 Å². The summed E-state index contributed by atoms with van der Waals surface area (Å²) >= 11 is 0. The van der Waals surface area contributed by atoms with E-state index in [2.05, 4.69) is 16.1 Å². The smallest absolute Gasteiger partial charge is 0.223 e. The Bertz CT molecular complexity index is 323. The van der Waals surface area contributed by atoms with Gasteiger partial charge >= 0.3 is 0 Å². The number of hydrogen-bond donors (Lipinski definition) is 1. The zero-order valence-corrected chi connectivity index (χ0v) is 11.7. The monoisotopic (exact) mass is 263 g/mol. The van der Waals surface area contributed by atoms with Gasteiger partial charge in [0.1, 0.15) is 0 Å². The first-order valence-corrected chi connectivity index (χ1v) is 7.46. The highest BCUT2D eigenvalue weighted by atomic mass is 16.2. The van der Waals surface area contributed by atoms with Gasteiger partial charge in [-0.1, -0.05) is 5.92 Å². The van der Waals surface area contributed by atoms with Crippen molar-refractivity contribution in [3.63, 3.8) is 0 Å². The van der Waals surface area contributed by atoms with Crippen molar-refractivity contribution in [1.82, 2.24) is 15.1 Å². The quantitative estimate of drug-likeness (QED) is 0.741. The van der Waals surface area contributed by atoms with E-state index in [-0.39, 0.29) is 0 Å². The molecule has 2 saturated heterocycles. The van der Waals surface area contributed by atoms with Crippen molar-refractivity contribution in [1.29, 1.82) is 0 Å². The predicted molar refractivity (Wildman–Crippen MR) is 76.7 cm³/mol. The molecule has 0 radical (unpaired) electrons. The second-order valence-corrected chi connectivity index (χ2v) is 5.55. The molecule has 0 spiro atoms. The van der Waals surface area contributed by atoms with Crippen LogP contribution in [0.25, 0.3) is 0 Å². The third-order valence-electron chi connectivity index (χ3n) is 4.13. The van der Waals surface area contributed by atoms with Gasteiger partial charge < -0.3 is 10.2 Å². The van der Waals surface area contributed by atoms with E-state index >= 15 is 0 Å². The molecule has 0 unspecified atom stereocenters. The molecule has 2 aliphatic rings. The van der Waals surface area contributed by atoms with Crippen LogP contribution >= 0.6 is 0 Å². The van der Waals surface area contributed by atoms with E-state index in [0.29, 0.717) is 18.4 Å². The molecule has 2 aliphatic heterocycles. The van der Waals surface area contributed by atoms with Gasteiger partial charge in [0.15, 0.2) is 0 Å². The Morgan fingerprint density at radius 1 is 1.21 bits per heavy atom. The van der Waals surface area contributed by atoms with Crippen molar-refractivity contribution in [2.24, 2.45) is 0 Å². The molecule has 1 N–H and O–H groups in total. The third-order valence-corrected chi connectivity index (χ3v) is 4.13. The Morgan fingerprint density at radius 2 is 1.89 bits per heavy atom. The maximum atomic E-state index is 11.9. The molecular weight excluding hydrogens is 238 g/mol. The maximum absolute atomic E-state index is 11.9. The van der Waals surface area contributed by atoms with Gasteiger partial charge in [-0.05, 0) is 25.7 Å². The summed E-state index contributed by atoms with van der Waals surface area (Å²) in [7, 11) is 0. The molecule has 2 heterocycles. The fourth-order valence-corrected chi connectivity index (χ4v) is 2.93. The number of carbonyl (C=O) groups is 1. The van der Waals surface area contributed by atoms with E-state index in [1.807, 2.05) is 4.90 Å². The molecule has 0 aromatic rings. The van der Waals surface area contributed by atoms with E-state index in [9.17, 15) is 4.79 Å². The number of amides is 1. The van der Waals surface area contributed by atoms with Crippen LogP contribution in [0.4, 0.5) is 0 Å². The van der Waals surface area contributed by atoms with Gasteiger partial charge in [0.05, 0.1) is 6.54 Å². The first-order chi connectivity index (χ1) is 9.29. The second kappa shape index (κ2) is 7.52. The van der Waals surface area contributed by atoms with E-state index in [1.165, 1.54) is 12.8 Å². The zero-order valence-electron chi connectivity index (χ0n) is 11.7. The van der Waals surface area contributed by atoms with Crippen molar-refractivity contribution >= 4 is 5.91 Å². The average Bonchev–Trinajstić information content (AvgIpc) is 2.95. The molecule has 0 aliphatic carbocycles. The minimum Gasteiger partial charge on any atom is -0.343 e. The van der Waals surface area contributed by atoms with Crippen LogP contribution in [0.3, 0.4) is 0 Å². The van der Waals surface area contributed by atoms with Crippen molar-refractivity contribution in [3.8, 4) is 12.3 Å². The first kappa shape index (κ1) is 14.4. The number of nitrogens with one attached hydrogen (secondary N) is 1. The zero-order chi connectivity index (χ0) is 13.5. The molecule has 4 nitrogen and oxygen atoms in total. The average molecular weight is 263 g/mol. The number of carbonyl (C=O) groups excluding carboxylic acids is 1. The number of likely N-dealkylation sites (tertiary alicyclic amines) is 2. The number of terminal acetylenes is 1. The Labute approximate surface area is 116 Å². The van der Waals surface area contributed by atoms with E-state index < -0.39 is 0 Å². The highest BCUT2D eigenvalue weighted by molar-refractivity contribution is 5.76. The number of hydrogen-bond acceptors (Lipinski definition) is 3. The highest BCUT2D eigenvalue weighted by Gasteiger charge is 2.20. The van der Waals surface area contributed by atoms with Gasteiger partial charge in [-0.3, -0.25) is 9.69 Å². The normalized spacial score (nSPS) is 21.5. The Balaban J connectivity index is 1.56. The summed E-state index contributed by atoms with van der Waals surface area (Å²) in [5, 5.41) is 3.51. The largest absolute Gasteiger partial charge is 0.343 e. The summed E-state index contributed by atoms with van der Waals surface area (Å²) < 4.78 is 0. The molecule has 0 bridgehead atoms. The van der Waals surface area contributed by atoms with Crippen LogP contribution in [0.2, 0.25) is 0 Å². The summed E-state index contributed by atoms with van der Waals surface area (Å²) in [6, 6.07) is 0.556. The van der Waals surface area contributed by atoms with E-state index in [1.54, 1.807) is 0 Å². The van der Waals surface area contributed by atoms with E-state index in [4.69, 9.17) is 6.42 Å². The summed E-state index contributed by atoms with van der Waals surface area (Å²) in [4.78, 5) is 16.2. The number of nitrogens with zero attached hydrogens (tertiary/aromatic N) is 2. The highest BCUT2D eigenvalue weighted by Crippen LogP contribution is 2.11. The van der Waals surface area contributed by atoms with Gasteiger partial charge in [-0.15, -0.1) is 6.42 Å². The summed E-state index contributed by atoms with van der Waals surface area (Å²) in [5.41, 5.74) is 0. The van der Waals surface area contributed by atoms with Crippen LogP contribution in [-0.4, -0.2) is 61.0 Å². The molecule has 2 rings (SSSR count). The Kier molecular flexibility index (Phi) is 5.68. The van der Waals surface area contributed by atoms with Crippen LogP contribution in [0.5, 0.6) is 0 Å². The molecular formula is C15H25N3O. The molecule has 19 heavy (non-hydrogen) atoms. The van der Waals surface area contributed by atoms with Gasteiger partial charge in [-0.2, -0.15) is 0 Å². The molecule has 1 amide bonds. The number of rotatable bonds is 5. The summed E-state index contributed by atoms with van der Waals surface area (Å²) in [6.45, 7) is 5.64. The van der Waals surface area contributed by atoms with Crippen molar-refractivity contribution < 1.29 is 4.79 Å². The molecule has 2 fully saturated rings. The minimum absolute atomic E-state index is 0.315. The Hall–Kier alpha value is -1.05. The molecule has 4 heteroatoms. The van der Waals surface area contributed by atoms with Crippen LogP contribution in [0.15, 0.2) is 0 Å². The third kappa shape index (κ3) is 4.52. The number of piperidine rings is 1. The maximum Gasteiger partial charge on any atom is 0.223 e. The minimum atomic E-state index is 0.315.